The summed E-state index contributed by atoms with van der Waals surface area (Å²) in [5.41, 5.74) is -0.0927. The number of carbonyl (C=O) groups is 1. The molecule has 7 heteroatoms. The van der Waals surface area contributed by atoms with Crippen molar-refractivity contribution in [1.82, 2.24) is 4.90 Å². The van der Waals surface area contributed by atoms with Gasteiger partial charge in [0.15, 0.2) is 0 Å². The van der Waals surface area contributed by atoms with Gasteiger partial charge in [-0.05, 0) is 39.3 Å². The Bertz CT molecular complexity index is 644. The lowest BCUT2D eigenvalue weighted by Gasteiger charge is -2.27. The number of carbonyl (C=O) groups excluding carboxylic acids is 1. The molecule has 0 spiro atoms. The second-order valence-corrected chi connectivity index (χ2v) is 6.50. The van der Waals surface area contributed by atoms with Gasteiger partial charge in [0, 0.05) is 23.7 Å². The monoisotopic (exact) mass is 316 g/mol. The molecule has 0 bridgehead atoms. The van der Waals surface area contributed by atoms with Crippen molar-refractivity contribution < 1.29 is 17.6 Å². The van der Waals surface area contributed by atoms with Gasteiger partial charge >= 0.3 is 0 Å². The van der Waals surface area contributed by atoms with Crippen LogP contribution in [0.5, 0.6) is 0 Å². The van der Waals surface area contributed by atoms with Crippen molar-refractivity contribution in [1.29, 1.82) is 0 Å². The van der Waals surface area contributed by atoms with Crippen molar-refractivity contribution in [3.63, 3.8) is 0 Å². The summed E-state index contributed by atoms with van der Waals surface area (Å²) in [7, 11) is -4.08. The highest BCUT2D eigenvalue weighted by Crippen LogP contribution is 2.21. The van der Waals surface area contributed by atoms with Gasteiger partial charge in [-0.2, -0.15) is 0 Å². The van der Waals surface area contributed by atoms with Crippen LogP contribution in [-0.4, -0.2) is 31.8 Å². The average molecular weight is 316 g/mol. The van der Waals surface area contributed by atoms with Crippen LogP contribution in [0, 0.1) is 12.7 Å². The molecule has 2 N–H and O–H groups in total. The van der Waals surface area contributed by atoms with E-state index in [2.05, 4.69) is 0 Å². The molecule has 1 aromatic rings. The Morgan fingerprint density at radius 1 is 1.38 bits per heavy atom. The van der Waals surface area contributed by atoms with Gasteiger partial charge in [0.1, 0.15) is 5.82 Å². The Kier molecular flexibility index (Phi) is 5.47. The van der Waals surface area contributed by atoms with Crippen LogP contribution in [0.1, 0.15) is 43.1 Å². The zero-order valence-corrected chi connectivity index (χ0v) is 13.5. The largest absolute Gasteiger partial charge is 0.336 e. The van der Waals surface area contributed by atoms with Crippen molar-refractivity contribution in [2.75, 3.05) is 6.54 Å². The lowest BCUT2D eigenvalue weighted by molar-refractivity contribution is 0.0699. The van der Waals surface area contributed by atoms with Crippen LogP contribution in [0.25, 0.3) is 0 Å². The maximum absolute atomic E-state index is 13.9. The zero-order valence-electron chi connectivity index (χ0n) is 12.7. The Hall–Kier alpha value is -1.47. The van der Waals surface area contributed by atoms with Crippen LogP contribution in [0.2, 0.25) is 0 Å². The molecule has 0 aromatic heterocycles. The number of nitrogens with two attached hydrogens (primary N) is 1. The third-order valence-electron chi connectivity index (χ3n) is 3.57. The van der Waals surface area contributed by atoms with Gasteiger partial charge in [-0.3, -0.25) is 4.79 Å². The SMILES string of the molecule is CCC(C)N(CC)C(=O)c1cc(F)c(C)c(S(N)(=O)=O)c1. The average Bonchev–Trinajstić information content (AvgIpc) is 2.40. The van der Waals surface area contributed by atoms with Crippen molar-refractivity contribution in [3.05, 3.63) is 29.1 Å². The van der Waals surface area contributed by atoms with E-state index < -0.39 is 21.7 Å². The van der Waals surface area contributed by atoms with Gasteiger partial charge in [0.25, 0.3) is 5.91 Å². The smallest absolute Gasteiger partial charge is 0.254 e. The first-order chi connectivity index (χ1) is 9.63. The molecule has 1 atom stereocenters. The van der Waals surface area contributed by atoms with Crippen LogP contribution in [0.3, 0.4) is 0 Å². The van der Waals surface area contributed by atoms with E-state index in [9.17, 15) is 17.6 Å². The van der Waals surface area contributed by atoms with Crippen molar-refractivity contribution in [3.8, 4) is 0 Å². The fourth-order valence-corrected chi connectivity index (χ4v) is 2.93. The molecule has 0 aliphatic heterocycles. The highest BCUT2D eigenvalue weighted by molar-refractivity contribution is 7.89. The van der Waals surface area contributed by atoms with Gasteiger partial charge < -0.3 is 4.90 Å². The molecular weight excluding hydrogens is 295 g/mol. The number of nitrogens with zero attached hydrogens (tertiary/aromatic N) is 1. The summed E-state index contributed by atoms with van der Waals surface area (Å²) < 4.78 is 36.9. The summed E-state index contributed by atoms with van der Waals surface area (Å²) in [4.78, 5) is 13.7. The molecule has 1 rings (SSSR count). The molecule has 0 heterocycles. The second kappa shape index (κ2) is 6.53. The maximum Gasteiger partial charge on any atom is 0.254 e. The molecule has 0 aliphatic carbocycles. The highest BCUT2D eigenvalue weighted by Gasteiger charge is 2.23. The van der Waals surface area contributed by atoms with Crippen LogP contribution in [0.4, 0.5) is 4.39 Å². The Balaban J connectivity index is 3.38. The van der Waals surface area contributed by atoms with Crippen molar-refractivity contribution in [2.24, 2.45) is 5.14 Å². The summed E-state index contributed by atoms with van der Waals surface area (Å²) in [6.45, 7) is 7.40. The number of hydrogen-bond donors (Lipinski definition) is 1. The molecule has 1 unspecified atom stereocenters. The zero-order chi connectivity index (χ0) is 16.4. The third kappa shape index (κ3) is 3.79. The van der Waals surface area contributed by atoms with E-state index in [0.29, 0.717) is 6.54 Å². The molecular formula is C14H21FN2O3S. The predicted octanol–water partition coefficient (Wildman–Crippen LogP) is 2.04. The number of benzene rings is 1. The summed E-state index contributed by atoms with van der Waals surface area (Å²) in [5, 5.41) is 5.07. The molecule has 0 saturated carbocycles. The second-order valence-electron chi connectivity index (χ2n) is 4.97. The first kappa shape index (κ1) is 17.6. The van der Waals surface area contributed by atoms with Crippen LogP contribution >= 0.6 is 0 Å². The summed E-state index contributed by atoms with van der Waals surface area (Å²) in [5.74, 6) is -1.17. The van der Waals surface area contributed by atoms with Gasteiger partial charge in [-0.1, -0.05) is 6.92 Å². The Morgan fingerprint density at radius 2 is 1.95 bits per heavy atom. The molecule has 0 fully saturated rings. The Labute approximate surface area is 125 Å². The molecule has 0 saturated heterocycles. The lowest BCUT2D eigenvalue weighted by Crippen LogP contribution is -2.38. The molecule has 5 nitrogen and oxygen atoms in total. The molecule has 0 aliphatic rings. The highest BCUT2D eigenvalue weighted by atomic mass is 32.2. The fourth-order valence-electron chi connectivity index (χ4n) is 2.11. The minimum Gasteiger partial charge on any atom is -0.336 e. The van der Waals surface area contributed by atoms with E-state index in [4.69, 9.17) is 5.14 Å². The first-order valence-electron chi connectivity index (χ1n) is 6.77. The van der Waals surface area contributed by atoms with Crippen LogP contribution in [-0.2, 0) is 10.0 Å². The molecule has 21 heavy (non-hydrogen) atoms. The minimum atomic E-state index is -4.08. The summed E-state index contributed by atoms with van der Waals surface area (Å²) in [6, 6.07) is 2.17. The first-order valence-corrected chi connectivity index (χ1v) is 8.32. The predicted molar refractivity (Wildman–Crippen MR) is 79.0 cm³/mol. The van der Waals surface area contributed by atoms with Gasteiger partial charge in [-0.15, -0.1) is 0 Å². The number of rotatable bonds is 5. The molecule has 118 valence electrons. The number of sulfonamides is 1. The summed E-state index contributed by atoms with van der Waals surface area (Å²) in [6.07, 6.45) is 0.746. The summed E-state index contributed by atoms with van der Waals surface area (Å²) >= 11 is 0. The van der Waals surface area contributed by atoms with Crippen LogP contribution < -0.4 is 5.14 Å². The molecule has 1 aromatic carbocycles. The van der Waals surface area contributed by atoms with Crippen molar-refractivity contribution in [2.45, 2.75) is 45.1 Å². The van der Waals surface area contributed by atoms with E-state index in [1.165, 1.54) is 6.92 Å². The topological polar surface area (TPSA) is 80.5 Å². The van der Waals surface area contributed by atoms with Gasteiger partial charge in [0.05, 0.1) is 4.90 Å². The van der Waals surface area contributed by atoms with E-state index in [1.807, 2.05) is 20.8 Å². The van der Waals surface area contributed by atoms with Gasteiger partial charge in [0.2, 0.25) is 10.0 Å². The number of halogens is 1. The van der Waals surface area contributed by atoms with E-state index in [0.717, 1.165) is 18.6 Å². The molecule has 0 radical (unpaired) electrons. The molecule has 1 amide bonds. The maximum atomic E-state index is 13.9. The Morgan fingerprint density at radius 3 is 2.38 bits per heavy atom. The normalized spacial score (nSPS) is 13.0. The fraction of sp³-hybridized carbons (Fsp3) is 0.500. The number of primary sulfonamides is 1. The van der Waals surface area contributed by atoms with E-state index >= 15 is 0 Å². The number of amides is 1. The van der Waals surface area contributed by atoms with Gasteiger partial charge in [-0.25, -0.2) is 17.9 Å². The minimum absolute atomic E-state index is 0.00993. The van der Waals surface area contributed by atoms with E-state index in [1.54, 1.807) is 4.90 Å². The lowest BCUT2D eigenvalue weighted by atomic mass is 10.1. The number of hydrogen-bond acceptors (Lipinski definition) is 3. The quantitative estimate of drug-likeness (QED) is 0.902. The van der Waals surface area contributed by atoms with E-state index in [-0.39, 0.29) is 22.1 Å². The van der Waals surface area contributed by atoms with Crippen LogP contribution in [0.15, 0.2) is 17.0 Å². The third-order valence-corrected chi connectivity index (χ3v) is 4.61. The standard InChI is InChI=1S/C14H21FN2O3S/c1-5-9(3)17(6-2)14(18)11-7-12(15)10(4)13(8-11)21(16,19)20/h7-9H,5-6H2,1-4H3,(H2,16,19,20). The van der Waals surface area contributed by atoms with Crippen molar-refractivity contribution >= 4 is 15.9 Å².